The van der Waals surface area contributed by atoms with E-state index in [1.54, 1.807) is 12.1 Å². The van der Waals surface area contributed by atoms with E-state index >= 15 is 0 Å². The second-order valence-electron chi connectivity index (χ2n) is 7.51. The number of ether oxygens (including phenoxy) is 1. The van der Waals surface area contributed by atoms with Crippen molar-refractivity contribution in [2.24, 2.45) is 0 Å². The number of sulfone groups is 1. The Morgan fingerprint density at radius 1 is 1.03 bits per heavy atom. The molecule has 164 valence electrons. The van der Waals surface area contributed by atoms with Gasteiger partial charge < -0.3 is 14.7 Å². The number of unbranched alkanes of at least 4 members (excludes halogenated alkanes) is 2. The zero-order valence-corrected chi connectivity index (χ0v) is 19.0. The first-order valence-electron chi connectivity index (χ1n) is 10.3. The summed E-state index contributed by atoms with van der Waals surface area (Å²) in [5.41, 5.74) is 1.48. The van der Waals surface area contributed by atoms with Crippen molar-refractivity contribution in [3.63, 3.8) is 0 Å². The molecule has 2 aromatic carbocycles. The normalized spacial score (nSPS) is 11.3. The zero-order chi connectivity index (χ0) is 22.3. The first-order valence-corrected chi connectivity index (χ1v) is 12.2. The third-order valence-electron chi connectivity index (χ3n) is 4.83. The van der Waals surface area contributed by atoms with Gasteiger partial charge >= 0.3 is 5.97 Å². The predicted octanol–water partition coefficient (Wildman–Crippen LogP) is 5.30. The molecule has 1 N–H and O–H groups in total. The molecule has 0 fully saturated rings. The molecule has 2 rings (SSSR count). The molecule has 2 aromatic rings. The molecule has 0 spiro atoms. The molecule has 0 heterocycles. The van der Waals surface area contributed by atoms with Gasteiger partial charge in [0.1, 0.15) is 10.6 Å². The van der Waals surface area contributed by atoms with Gasteiger partial charge in [-0.05, 0) is 44.0 Å². The molecule has 0 radical (unpaired) electrons. The van der Waals surface area contributed by atoms with Crippen molar-refractivity contribution >= 4 is 21.5 Å². The number of carboxylic acids is 1. The SMILES string of the molecule is CCCCN(CCCC)c1cc(C(=O)O)cc(S(C)(=O)=O)c1Oc1ccc(C)cc1. The van der Waals surface area contributed by atoms with E-state index < -0.39 is 15.8 Å². The van der Waals surface area contributed by atoms with Crippen LogP contribution in [0.3, 0.4) is 0 Å². The minimum absolute atomic E-state index is 0.0697. The quantitative estimate of drug-likeness (QED) is 0.518. The number of carboxylic acid groups (broad SMARTS) is 1. The van der Waals surface area contributed by atoms with Crippen LogP contribution in [0.15, 0.2) is 41.3 Å². The van der Waals surface area contributed by atoms with Crippen LogP contribution in [-0.4, -0.2) is 38.8 Å². The summed E-state index contributed by atoms with van der Waals surface area (Å²) in [4.78, 5) is 13.7. The van der Waals surface area contributed by atoms with E-state index in [0.717, 1.165) is 37.5 Å². The summed E-state index contributed by atoms with van der Waals surface area (Å²) in [6.07, 6.45) is 4.81. The highest BCUT2D eigenvalue weighted by Crippen LogP contribution is 2.40. The lowest BCUT2D eigenvalue weighted by molar-refractivity contribution is 0.0696. The van der Waals surface area contributed by atoms with Gasteiger partial charge in [-0.3, -0.25) is 0 Å². The van der Waals surface area contributed by atoms with Gasteiger partial charge in [0, 0.05) is 19.3 Å². The number of aryl methyl sites for hydroxylation is 1. The molecule has 0 unspecified atom stereocenters. The molecule has 30 heavy (non-hydrogen) atoms. The molecule has 0 bridgehead atoms. The van der Waals surface area contributed by atoms with Gasteiger partial charge in [-0.2, -0.15) is 0 Å². The average Bonchev–Trinajstić information content (AvgIpc) is 2.69. The lowest BCUT2D eigenvalue weighted by Gasteiger charge is -2.28. The van der Waals surface area contributed by atoms with E-state index in [4.69, 9.17) is 4.74 Å². The van der Waals surface area contributed by atoms with E-state index in [-0.39, 0.29) is 16.2 Å². The summed E-state index contributed by atoms with van der Waals surface area (Å²) in [5.74, 6) is -0.492. The summed E-state index contributed by atoms with van der Waals surface area (Å²) < 4.78 is 31.3. The van der Waals surface area contributed by atoms with Crippen LogP contribution in [0.25, 0.3) is 0 Å². The number of rotatable bonds is 11. The highest BCUT2D eigenvalue weighted by atomic mass is 32.2. The molecule has 6 nitrogen and oxygen atoms in total. The van der Waals surface area contributed by atoms with Crippen molar-refractivity contribution in [3.05, 3.63) is 47.5 Å². The van der Waals surface area contributed by atoms with Crippen LogP contribution in [-0.2, 0) is 9.84 Å². The Morgan fingerprint density at radius 3 is 2.07 bits per heavy atom. The Hall–Kier alpha value is -2.54. The van der Waals surface area contributed by atoms with Gasteiger partial charge in [-0.1, -0.05) is 44.4 Å². The fourth-order valence-corrected chi connectivity index (χ4v) is 3.92. The standard InChI is InChI=1S/C23H31NO5S/c1-5-7-13-24(14-8-6-2)20-15-18(23(25)26)16-21(30(4,27)28)22(20)29-19-11-9-17(3)10-12-19/h9-12,15-16H,5-8,13-14H2,1-4H3,(H,25,26). The van der Waals surface area contributed by atoms with E-state index in [2.05, 4.69) is 13.8 Å². The maximum atomic E-state index is 12.6. The maximum absolute atomic E-state index is 12.6. The number of hydrogen-bond donors (Lipinski definition) is 1. The molecule has 0 saturated heterocycles. The van der Waals surface area contributed by atoms with E-state index in [0.29, 0.717) is 24.5 Å². The predicted molar refractivity (Wildman–Crippen MR) is 120 cm³/mol. The fraction of sp³-hybridized carbons (Fsp3) is 0.435. The lowest BCUT2D eigenvalue weighted by atomic mass is 10.1. The van der Waals surface area contributed by atoms with Crippen LogP contribution in [0.1, 0.15) is 55.5 Å². The average molecular weight is 434 g/mol. The topological polar surface area (TPSA) is 83.9 Å². The largest absolute Gasteiger partial charge is 0.478 e. The Labute approximate surface area is 179 Å². The highest BCUT2D eigenvalue weighted by molar-refractivity contribution is 7.90. The monoisotopic (exact) mass is 433 g/mol. The third-order valence-corrected chi connectivity index (χ3v) is 5.93. The van der Waals surface area contributed by atoms with Crippen LogP contribution in [0.4, 0.5) is 5.69 Å². The van der Waals surface area contributed by atoms with Crippen LogP contribution in [0.2, 0.25) is 0 Å². The molecular weight excluding hydrogens is 402 g/mol. The molecule has 0 saturated carbocycles. The van der Waals surface area contributed by atoms with Gasteiger partial charge in [0.05, 0.1) is 11.3 Å². The van der Waals surface area contributed by atoms with Crippen molar-refractivity contribution in [2.45, 2.75) is 51.3 Å². The number of anilines is 1. The molecule has 0 amide bonds. The summed E-state index contributed by atoms with van der Waals surface area (Å²) in [6, 6.07) is 10.0. The number of nitrogens with zero attached hydrogens (tertiary/aromatic N) is 1. The van der Waals surface area contributed by atoms with Crippen molar-refractivity contribution in [1.82, 2.24) is 0 Å². The fourth-order valence-electron chi connectivity index (χ4n) is 3.10. The third kappa shape index (κ3) is 6.23. The smallest absolute Gasteiger partial charge is 0.335 e. The Bertz CT molecular complexity index is 960. The van der Waals surface area contributed by atoms with Crippen molar-refractivity contribution in [3.8, 4) is 11.5 Å². The molecule has 0 atom stereocenters. The Kier molecular flexibility index (Phi) is 8.29. The summed E-state index contributed by atoms with van der Waals surface area (Å²) in [7, 11) is -3.73. The van der Waals surface area contributed by atoms with Crippen molar-refractivity contribution in [2.75, 3.05) is 24.2 Å². The van der Waals surface area contributed by atoms with Gasteiger partial charge in [0.2, 0.25) is 0 Å². The molecule has 7 heteroatoms. The number of aromatic carboxylic acids is 1. The first-order chi connectivity index (χ1) is 14.2. The van der Waals surface area contributed by atoms with Crippen LogP contribution < -0.4 is 9.64 Å². The number of benzene rings is 2. The maximum Gasteiger partial charge on any atom is 0.335 e. The molecule has 0 aliphatic rings. The van der Waals surface area contributed by atoms with Crippen molar-refractivity contribution in [1.29, 1.82) is 0 Å². The molecule has 0 aliphatic heterocycles. The van der Waals surface area contributed by atoms with Gasteiger partial charge in [-0.15, -0.1) is 0 Å². The van der Waals surface area contributed by atoms with E-state index in [9.17, 15) is 18.3 Å². The van der Waals surface area contributed by atoms with Crippen molar-refractivity contribution < 1.29 is 23.1 Å². The van der Waals surface area contributed by atoms with E-state index in [1.807, 2.05) is 24.0 Å². The Balaban J connectivity index is 2.71. The number of hydrogen-bond acceptors (Lipinski definition) is 5. The minimum atomic E-state index is -3.73. The summed E-state index contributed by atoms with van der Waals surface area (Å²) >= 11 is 0. The second-order valence-corrected chi connectivity index (χ2v) is 9.49. The van der Waals surface area contributed by atoms with Gasteiger partial charge in [0.15, 0.2) is 15.6 Å². The Morgan fingerprint density at radius 2 is 1.60 bits per heavy atom. The van der Waals surface area contributed by atoms with Gasteiger partial charge in [-0.25, -0.2) is 13.2 Å². The summed E-state index contributed by atoms with van der Waals surface area (Å²) in [5, 5.41) is 9.59. The highest BCUT2D eigenvalue weighted by Gasteiger charge is 2.25. The summed E-state index contributed by atoms with van der Waals surface area (Å²) in [6.45, 7) is 7.49. The number of carbonyl (C=O) groups is 1. The van der Waals surface area contributed by atoms with Crippen LogP contribution in [0.5, 0.6) is 11.5 Å². The second kappa shape index (κ2) is 10.5. The molecular formula is C23H31NO5S. The molecule has 0 aromatic heterocycles. The molecule has 0 aliphatic carbocycles. The van der Waals surface area contributed by atoms with E-state index in [1.165, 1.54) is 12.1 Å². The zero-order valence-electron chi connectivity index (χ0n) is 18.1. The van der Waals surface area contributed by atoms with Crippen LogP contribution in [0, 0.1) is 6.92 Å². The lowest BCUT2D eigenvalue weighted by Crippen LogP contribution is -2.27. The van der Waals surface area contributed by atoms with Gasteiger partial charge in [0.25, 0.3) is 0 Å². The first kappa shape index (κ1) is 23.7. The minimum Gasteiger partial charge on any atom is -0.478 e. The van der Waals surface area contributed by atoms with Crippen LogP contribution >= 0.6 is 0 Å².